The van der Waals surface area contributed by atoms with Crippen molar-refractivity contribution in [1.82, 2.24) is 0 Å². The summed E-state index contributed by atoms with van der Waals surface area (Å²) >= 11 is 0. The van der Waals surface area contributed by atoms with Crippen LogP contribution >= 0.6 is 0 Å². The van der Waals surface area contributed by atoms with Crippen LogP contribution in [0.25, 0.3) is 11.1 Å². The number of ether oxygens (including phenoxy) is 1. The molecular formula is C15H12O. The Morgan fingerprint density at radius 2 is 1.75 bits per heavy atom. The fourth-order valence-electron chi connectivity index (χ4n) is 2.72. The van der Waals surface area contributed by atoms with Crippen LogP contribution in [0.5, 0.6) is 0 Å². The Bertz CT molecular complexity index is 567. The Balaban J connectivity index is 2.01. The van der Waals surface area contributed by atoms with Gasteiger partial charge in [-0.2, -0.15) is 0 Å². The van der Waals surface area contributed by atoms with Crippen molar-refractivity contribution in [3.63, 3.8) is 0 Å². The van der Waals surface area contributed by atoms with E-state index in [-0.39, 0.29) is 0 Å². The van der Waals surface area contributed by atoms with Crippen LogP contribution in [0.2, 0.25) is 0 Å². The van der Waals surface area contributed by atoms with Crippen molar-refractivity contribution in [3.8, 4) is 11.1 Å². The van der Waals surface area contributed by atoms with Gasteiger partial charge in [0.1, 0.15) is 6.10 Å². The molecule has 0 aromatic heterocycles. The minimum absolute atomic E-state index is 0.348. The molecule has 0 spiro atoms. The van der Waals surface area contributed by atoms with Gasteiger partial charge in [0.15, 0.2) is 0 Å². The van der Waals surface area contributed by atoms with Crippen LogP contribution < -0.4 is 0 Å². The quantitative estimate of drug-likeness (QED) is 0.559. The highest BCUT2D eigenvalue weighted by molar-refractivity contribution is 5.80. The summed E-state index contributed by atoms with van der Waals surface area (Å²) in [4.78, 5) is 0. The summed E-state index contributed by atoms with van der Waals surface area (Å²) in [7, 11) is 0. The van der Waals surface area contributed by atoms with Crippen LogP contribution in [0.1, 0.15) is 22.8 Å². The molecule has 2 aliphatic rings. The summed E-state index contributed by atoms with van der Waals surface area (Å²) in [5.74, 6) is 0. The van der Waals surface area contributed by atoms with E-state index in [0.717, 1.165) is 13.0 Å². The normalized spacial score (nSPS) is 20.4. The third-order valence-electron chi connectivity index (χ3n) is 3.53. The summed E-state index contributed by atoms with van der Waals surface area (Å²) < 4.78 is 5.43. The van der Waals surface area contributed by atoms with Crippen molar-refractivity contribution in [2.24, 2.45) is 0 Å². The lowest BCUT2D eigenvalue weighted by Crippen LogP contribution is -1.88. The summed E-state index contributed by atoms with van der Waals surface area (Å²) in [6.07, 6.45) is 1.42. The van der Waals surface area contributed by atoms with Crippen molar-refractivity contribution in [2.75, 3.05) is 6.61 Å². The molecule has 4 rings (SSSR count). The largest absolute Gasteiger partial charge is 0.368 e. The highest BCUT2D eigenvalue weighted by Gasteiger charge is 2.31. The van der Waals surface area contributed by atoms with Crippen molar-refractivity contribution < 1.29 is 4.74 Å². The monoisotopic (exact) mass is 208 g/mol. The number of hydrogen-bond donors (Lipinski definition) is 0. The Morgan fingerprint density at radius 1 is 0.938 bits per heavy atom. The van der Waals surface area contributed by atoms with E-state index >= 15 is 0 Å². The van der Waals surface area contributed by atoms with Gasteiger partial charge in [-0.3, -0.25) is 0 Å². The fourth-order valence-corrected chi connectivity index (χ4v) is 2.72. The van der Waals surface area contributed by atoms with E-state index in [2.05, 4.69) is 42.5 Å². The topological polar surface area (TPSA) is 12.5 Å². The smallest absolute Gasteiger partial charge is 0.107 e. The fraction of sp³-hybridized carbons (Fsp3) is 0.200. The second kappa shape index (κ2) is 2.96. The predicted octanol–water partition coefficient (Wildman–Crippen LogP) is 3.33. The highest BCUT2D eigenvalue weighted by atomic mass is 16.6. The number of benzene rings is 2. The minimum Gasteiger partial charge on any atom is -0.368 e. The van der Waals surface area contributed by atoms with Gasteiger partial charge in [0, 0.05) is 0 Å². The Hall–Kier alpha value is -1.60. The van der Waals surface area contributed by atoms with E-state index in [1.54, 1.807) is 0 Å². The van der Waals surface area contributed by atoms with Crippen LogP contribution in [-0.4, -0.2) is 6.61 Å². The molecule has 0 bridgehead atoms. The summed E-state index contributed by atoms with van der Waals surface area (Å²) in [5.41, 5.74) is 7.12. The molecule has 2 aromatic carbocycles. The lowest BCUT2D eigenvalue weighted by molar-refractivity contribution is 0.416. The molecule has 1 nitrogen and oxygen atoms in total. The van der Waals surface area contributed by atoms with Gasteiger partial charge < -0.3 is 4.74 Å². The molecule has 0 radical (unpaired) electrons. The molecule has 0 N–H and O–H groups in total. The van der Waals surface area contributed by atoms with E-state index < -0.39 is 0 Å². The first-order valence-corrected chi connectivity index (χ1v) is 5.75. The molecule has 16 heavy (non-hydrogen) atoms. The summed E-state index contributed by atoms with van der Waals surface area (Å²) in [6.45, 7) is 0.888. The molecule has 1 aliphatic carbocycles. The van der Waals surface area contributed by atoms with Gasteiger partial charge in [-0.25, -0.2) is 0 Å². The van der Waals surface area contributed by atoms with Gasteiger partial charge in [0.25, 0.3) is 0 Å². The SMILES string of the molecule is c1ccc2c(c1)Cc1cccc([C@@H]3CO3)c1-2. The highest BCUT2D eigenvalue weighted by Crippen LogP contribution is 2.44. The zero-order valence-corrected chi connectivity index (χ0v) is 8.94. The Kier molecular flexibility index (Phi) is 1.58. The van der Waals surface area contributed by atoms with E-state index in [4.69, 9.17) is 4.74 Å². The molecule has 1 atom stereocenters. The van der Waals surface area contributed by atoms with Gasteiger partial charge >= 0.3 is 0 Å². The van der Waals surface area contributed by atoms with Crippen molar-refractivity contribution >= 4 is 0 Å². The molecule has 1 fully saturated rings. The Morgan fingerprint density at radius 3 is 2.62 bits per heavy atom. The van der Waals surface area contributed by atoms with Gasteiger partial charge in [0.05, 0.1) is 6.61 Å². The average Bonchev–Trinajstić information content (AvgIpc) is 3.09. The van der Waals surface area contributed by atoms with E-state index in [0.29, 0.717) is 6.10 Å². The van der Waals surface area contributed by atoms with Crippen molar-refractivity contribution in [3.05, 3.63) is 59.2 Å². The molecule has 0 amide bonds. The van der Waals surface area contributed by atoms with Crippen LogP contribution in [0, 0.1) is 0 Å². The second-order valence-corrected chi connectivity index (χ2v) is 4.54. The lowest BCUT2D eigenvalue weighted by Gasteiger charge is -2.06. The summed E-state index contributed by atoms with van der Waals surface area (Å²) in [6, 6.07) is 15.3. The first-order chi connectivity index (χ1) is 7.93. The number of epoxide rings is 1. The van der Waals surface area contributed by atoms with Crippen LogP contribution in [-0.2, 0) is 11.2 Å². The zero-order valence-electron chi connectivity index (χ0n) is 8.94. The molecule has 0 saturated carbocycles. The third kappa shape index (κ3) is 1.09. The van der Waals surface area contributed by atoms with E-state index in [1.165, 1.54) is 27.8 Å². The predicted molar refractivity (Wildman–Crippen MR) is 63.4 cm³/mol. The van der Waals surface area contributed by atoms with E-state index in [1.807, 2.05) is 0 Å². The maximum absolute atomic E-state index is 5.43. The zero-order chi connectivity index (χ0) is 10.5. The van der Waals surface area contributed by atoms with Gasteiger partial charge in [-0.05, 0) is 34.2 Å². The molecule has 1 saturated heterocycles. The molecule has 2 aromatic rings. The molecule has 1 heterocycles. The molecule has 1 heteroatoms. The minimum atomic E-state index is 0.348. The number of hydrogen-bond acceptors (Lipinski definition) is 1. The standard InChI is InChI=1S/C15H12O/c1-2-6-12-10(4-1)8-11-5-3-7-13(15(11)12)14-9-16-14/h1-7,14H,8-9H2/t14-/m0/s1. The first kappa shape index (κ1) is 8.54. The van der Waals surface area contributed by atoms with Gasteiger partial charge in [-0.1, -0.05) is 42.5 Å². The van der Waals surface area contributed by atoms with Gasteiger partial charge in [0.2, 0.25) is 0 Å². The number of fused-ring (bicyclic) bond motifs is 3. The first-order valence-electron chi connectivity index (χ1n) is 5.75. The molecular weight excluding hydrogens is 196 g/mol. The Labute approximate surface area is 94.7 Å². The molecule has 78 valence electrons. The second-order valence-electron chi connectivity index (χ2n) is 4.54. The van der Waals surface area contributed by atoms with Crippen LogP contribution in [0.4, 0.5) is 0 Å². The molecule has 0 unspecified atom stereocenters. The average molecular weight is 208 g/mol. The maximum atomic E-state index is 5.43. The third-order valence-corrected chi connectivity index (χ3v) is 3.53. The maximum Gasteiger partial charge on any atom is 0.107 e. The lowest BCUT2D eigenvalue weighted by atomic mass is 9.98. The molecule has 1 aliphatic heterocycles. The van der Waals surface area contributed by atoms with Gasteiger partial charge in [-0.15, -0.1) is 0 Å². The van der Waals surface area contributed by atoms with Crippen LogP contribution in [0.15, 0.2) is 42.5 Å². The van der Waals surface area contributed by atoms with Crippen molar-refractivity contribution in [2.45, 2.75) is 12.5 Å². The summed E-state index contributed by atoms with van der Waals surface area (Å²) in [5, 5.41) is 0. The van der Waals surface area contributed by atoms with Crippen molar-refractivity contribution in [1.29, 1.82) is 0 Å². The van der Waals surface area contributed by atoms with Crippen LogP contribution in [0.3, 0.4) is 0 Å². The number of rotatable bonds is 1. The van der Waals surface area contributed by atoms with E-state index in [9.17, 15) is 0 Å².